The number of nitriles is 1. The van der Waals surface area contributed by atoms with Crippen molar-refractivity contribution in [3.8, 4) is 17.6 Å². The number of halogens is 1. The second-order valence-corrected chi connectivity index (χ2v) is 5.51. The number of hydrogen-bond donors (Lipinski definition) is 1. The van der Waals surface area contributed by atoms with E-state index in [2.05, 4.69) is 22.0 Å². The molecular weight excluding hydrogens is 334 g/mol. The highest BCUT2D eigenvalue weighted by atomic mass is 79.9. The van der Waals surface area contributed by atoms with Crippen LogP contribution in [0.2, 0.25) is 0 Å². The molecule has 4 nitrogen and oxygen atoms in total. The van der Waals surface area contributed by atoms with Crippen LogP contribution in [0.5, 0.6) is 11.5 Å². The molecule has 2 atom stereocenters. The van der Waals surface area contributed by atoms with Crippen LogP contribution in [0.3, 0.4) is 0 Å². The number of nitrogens with zero attached hydrogens (tertiary/aromatic N) is 1. The largest absolute Gasteiger partial charge is 0.490 e. The molecule has 0 saturated heterocycles. The fraction of sp³-hybridized carbons (Fsp3) is 0.562. The van der Waals surface area contributed by atoms with E-state index >= 15 is 0 Å². The zero-order valence-corrected chi connectivity index (χ0v) is 14.3. The van der Waals surface area contributed by atoms with Gasteiger partial charge in [0.15, 0.2) is 11.5 Å². The van der Waals surface area contributed by atoms with Crippen LogP contribution in [-0.2, 0) is 0 Å². The van der Waals surface area contributed by atoms with E-state index < -0.39 is 12.0 Å². The summed E-state index contributed by atoms with van der Waals surface area (Å²) in [4.78, 5) is 0. The first-order valence-corrected chi connectivity index (χ1v) is 8.04. The first-order chi connectivity index (χ1) is 10.1. The Labute approximate surface area is 134 Å². The molecule has 0 heterocycles. The number of benzene rings is 1. The molecule has 0 fully saturated rings. The number of aliphatic hydroxyl groups excluding tert-OH is 1. The summed E-state index contributed by atoms with van der Waals surface area (Å²) in [5.41, 5.74) is 0.734. The number of hydrogen-bond acceptors (Lipinski definition) is 4. The third-order valence-electron chi connectivity index (χ3n) is 3.09. The molecule has 0 spiro atoms. The predicted molar refractivity (Wildman–Crippen MR) is 85.7 cm³/mol. The molecule has 0 aliphatic rings. The van der Waals surface area contributed by atoms with E-state index in [1.807, 2.05) is 26.8 Å². The predicted octanol–water partition coefficient (Wildman–Crippen LogP) is 4.01. The van der Waals surface area contributed by atoms with Gasteiger partial charge < -0.3 is 14.6 Å². The Morgan fingerprint density at radius 3 is 2.43 bits per heavy atom. The number of aliphatic hydroxyl groups is 1. The van der Waals surface area contributed by atoms with Gasteiger partial charge in [0.05, 0.1) is 35.8 Å². The standard InChI is InChI=1S/C16H22BrNO3/c1-4-7-14(19)12(10-18)11-8-13(17)16(21-6-3)15(9-11)20-5-2/h8-9,12,14,19H,4-7H2,1-3H3. The molecule has 0 radical (unpaired) electrons. The lowest BCUT2D eigenvalue weighted by molar-refractivity contribution is 0.150. The van der Waals surface area contributed by atoms with Crippen LogP contribution in [0, 0.1) is 11.3 Å². The number of ether oxygens (including phenoxy) is 2. The molecule has 1 rings (SSSR count). The van der Waals surface area contributed by atoms with Gasteiger partial charge in [-0.25, -0.2) is 0 Å². The Bertz CT molecular complexity index is 499. The molecular formula is C16H22BrNO3. The van der Waals surface area contributed by atoms with Crippen LogP contribution in [0.1, 0.15) is 45.1 Å². The highest BCUT2D eigenvalue weighted by Gasteiger charge is 2.23. The van der Waals surface area contributed by atoms with Crippen molar-refractivity contribution < 1.29 is 14.6 Å². The van der Waals surface area contributed by atoms with Gasteiger partial charge in [0.1, 0.15) is 0 Å². The monoisotopic (exact) mass is 355 g/mol. The normalized spacial score (nSPS) is 13.3. The van der Waals surface area contributed by atoms with E-state index in [1.165, 1.54) is 0 Å². The highest BCUT2D eigenvalue weighted by Crippen LogP contribution is 2.39. The van der Waals surface area contributed by atoms with Crippen molar-refractivity contribution in [1.82, 2.24) is 0 Å². The zero-order chi connectivity index (χ0) is 15.8. The van der Waals surface area contributed by atoms with Gasteiger partial charge >= 0.3 is 0 Å². The fourth-order valence-corrected chi connectivity index (χ4v) is 2.73. The van der Waals surface area contributed by atoms with Crippen molar-refractivity contribution in [2.45, 2.75) is 45.6 Å². The third kappa shape index (κ3) is 4.62. The minimum Gasteiger partial charge on any atom is -0.490 e. The lowest BCUT2D eigenvalue weighted by atomic mass is 9.92. The minimum absolute atomic E-state index is 0.505. The van der Waals surface area contributed by atoms with E-state index in [-0.39, 0.29) is 0 Å². The Balaban J connectivity index is 3.21. The molecule has 0 bridgehead atoms. The fourth-order valence-electron chi connectivity index (χ4n) is 2.16. The van der Waals surface area contributed by atoms with E-state index in [0.29, 0.717) is 31.1 Å². The second kappa shape index (κ2) is 8.91. The van der Waals surface area contributed by atoms with Gasteiger partial charge in [-0.1, -0.05) is 13.3 Å². The topological polar surface area (TPSA) is 62.5 Å². The van der Waals surface area contributed by atoms with Crippen LogP contribution >= 0.6 is 15.9 Å². The van der Waals surface area contributed by atoms with Crippen LogP contribution in [0.25, 0.3) is 0 Å². The molecule has 2 unspecified atom stereocenters. The molecule has 5 heteroatoms. The molecule has 21 heavy (non-hydrogen) atoms. The van der Waals surface area contributed by atoms with Gasteiger partial charge in [0, 0.05) is 0 Å². The summed E-state index contributed by atoms with van der Waals surface area (Å²) in [5, 5.41) is 19.5. The molecule has 1 N–H and O–H groups in total. The molecule has 0 saturated carbocycles. The average molecular weight is 356 g/mol. The Morgan fingerprint density at radius 1 is 1.24 bits per heavy atom. The smallest absolute Gasteiger partial charge is 0.175 e. The summed E-state index contributed by atoms with van der Waals surface area (Å²) in [7, 11) is 0. The van der Waals surface area contributed by atoms with Crippen molar-refractivity contribution in [3.63, 3.8) is 0 Å². The molecule has 1 aromatic carbocycles. The minimum atomic E-state index is -0.681. The van der Waals surface area contributed by atoms with Gasteiger partial charge in [-0.3, -0.25) is 0 Å². The summed E-state index contributed by atoms with van der Waals surface area (Å²) in [6.07, 6.45) is 0.738. The van der Waals surface area contributed by atoms with E-state index in [9.17, 15) is 10.4 Å². The maximum Gasteiger partial charge on any atom is 0.175 e. The molecule has 1 aromatic rings. The van der Waals surface area contributed by atoms with Crippen molar-refractivity contribution in [1.29, 1.82) is 5.26 Å². The van der Waals surface area contributed by atoms with E-state index in [0.717, 1.165) is 16.5 Å². The Hall–Kier alpha value is -1.25. The van der Waals surface area contributed by atoms with E-state index in [1.54, 1.807) is 6.07 Å². The lowest BCUT2D eigenvalue weighted by Crippen LogP contribution is -2.17. The van der Waals surface area contributed by atoms with Crippen molar-refractivity contribution in [2.24, 2.45) is 0 Å². The summed E-state index contributed by atoms with van der Waals surface area (Å²) >= 11 is 3.46. The summed E-state index contributed by atoms with van der Waals surface area (Å²) in [5.74, 6) is 0.647. The van der Waals surface area contributed by atoms with Crippen LogP contribution < -0.4 is 9.47 Å². The first-order valence-electron chi connectivity index (χ1n) is 7.25. The van der Waals surface area contributed by atoms with Crippen molar-refractivity contribution in [3.05, 3.63) is 22.2 Å². The van der Waals surface area contributed by atoms with Gasteiger partial charge in [-0.05, 0) is 53.9 Å². The quantitative estimate of drug-likeness (QED) is 0.764. The maximum absolute atomic E-state index is 10.1. The summed E-state index contributed by atoms with van der Waals surface area (Å²) in [6, 6.07) is 5.79. The van der Waals surface area contributed by atoms with Gasteiger partial charge in [0.2, 0.25) is 0 Å². The molecule has 0 aliphatic heterocycles. The third-order valence-corrected chi connectivity index (χ3v) is 3.68. The number of rotatable bonds is 8. The summed E-state index contributed by atoms with van der Waals surface area (Å²) < 4.78 is 11.9. The molecule has 116 valence electrons. The molecule has 0 aliphatic carbocycles. The average Bonchev–Trinajstić information content (AvgIpc) is 2.44. The zero-order valence-electron chi connectivity index (χ0n) is 12.7. The highest BCUT2D eigenvalue weighted by molar-refractivity contribution is 9.10. The Kier molecular flexibility index (Phi) is 7.55. The van der Waals surface area contributed by atoms with Crippen LogP contribution in [0.4, 0.5) is 0 Å². The first kappa shape index (κ1) is 17.8. The second-order valence-electron chi connectivity index (χ2n) is 4.66. The molecule has 0 aromatic heterocycles. The van der Waals surface area contributed by atoms with Crippen LogP contribution in [-0.4, -0.2) is 24.4 Å². The summed E-state index contributed by atoms with van der Waals surface area (Å²) in [6.45, 7) is 6.81. The molecule has 0 amide bonds. The van der Waals surface area contributed by atoms with Crippen molar-refractivity contribution in [2.75, 3.05) is 13.2 Å². The maximum atomic E-state index is 10.1. The van der Waals surface area contributed by atoms with Crippen molar-refractivity contribution >= 4 is 15.9 Å². The van der Waals surface area contributed by atoms with Gasteiger partial charge in [-0.15, -0.1) is 0 Å². The van der Waals surface area contributed by atoms with Gasteiger partial charge in [-0.2, -0.15) is 5.26 Å². The lowest BCUT2D eigenvalue weighted by Gasteiger charge is -2.19. The Morgan fingerprint density at radius 2 is 1.90 bits per heavy atom. The van der Waals surface area contributed by atoms with E-state index in [4.69, 9.17) is 9.47 Å². The SMILES string of the molecule is CCCC(O)C(C#N)c1cc(Br)c(OCC)c(OCC)c1. The van der Waals surface area contributed by atoms with Crippen LogP contribution in [0.15, 0.2) is 16.6 Å². The van der Waals surface area contributed by atoms with Gasteiger partial charge in [0.25, 0.3) is 0 Å².